The van der Waals surface area contributed by atoms with Crippen molar-refractivity contribution >= 4 is 22.7 Å². The van der Waals surface area contributed by atoms with Crippen LogP contribution < -0.4 is 9.47 Å². The zero-order valence-corrected chi connectivity index (χ0v) is 14.6. The fraction of sp³-hybridized carbons (Fsp3) is 0.200. The molecule has 0 unspecified atom stereocenters. The summed E-state index contributed by atoms with van der Waals surface area (Å²) in [5, 5.41) is 6.13. The van der Waals surface area contributed by atoms with Gasteiger partial charge in [0.25, 0.3) is 0 Å². The third-order valence-electron chi connectivity index (χ3n) is 4.83. The number of hydrogen-bond donors (Lipinski definition) is 0. The Balaban J connectivity index is 1.56. The van der Waals surface area contributed by atoms with Gasteiger partial charge in [-0.2, -0.15) is 5.10 Å². The number of ether oxygens (including phenoxy) is 2. The number of nitrogens with zero attached hydrogens (tertiary/aromatic N) is 4. The molecule has 0 aliphatic carbocycles. The zero-order valence-electron chi connectivity index (χ0n) is 14.6. The van der Waals surface area contributed by atoms with E-state index in [9.17, 15) is 4.79 Å². The van der Waals surface area contributed by atoms with E-state index in [-0.39, 0.29) is 18.7 Å². The van der Waals surface area contributed by atoms with E-state index in [0.717, 1.165) is 33.6 Å². The molecule has 27 heavy (non-hydrogen) atoms. The zero-order chi connectivity index (χ0) is 18.4. The Kier molecular flexibility index (Phi) is 3.53. The van der Waals surface area contributed by atoms with Gasteiger partial charge in [0.1, 0.15) is 0 Å². The Bertz CT molecular complexity index is 1090. The van der Waals surface area contributed by atoms with Crippen molar-refractivity contribution in [1.29, 1.82) is 0 Å². The molecule has 3 heterocycles. The van der Waals surface area contributed by atoms with Crippen molar-refractivity contribution in [1.82, 2.24) is 15.0 Å². The lowest BCUT2D eigenvalue weighted by Crippen LogP contribution is -2.24. The lowest BCUT2D eigenvalue weighted by Gasteiger charge is -2.21. The minimum absolute atomic E-state index is 0.114. The molecule has 2 aromatic carbocycles. The molecule has 0 fully saturated rings. The van der Waals surface area contributed by atoms with E-state index in [0.29, 0.717) is 12.2 Å². The van der Waals surface area contributed by atoms with Crippen LogP contribution in [0.25, 0.3) is 11.0 Å². The second-order valence-electron chi connectivity index (χ2n) is 6.47. The molecular weight excluding hydrogens is 344 g/mol. The van der Waals surface area contributed by atoms with E-state index in [1.54, 1.807) is 12.4 Å². The normalized spacial score (nSPS) is 18.0. The third kappa shape index (κ3) is 2.59. The molecule has 0 saturated heterocycles. The number of hydrogen-bond acceptors (Lipinski definition) is 6. The highest BCUT2D eigenvalue weighted by Gasteiger charge is 2.33. The summed E-state index contributed by atoms with van der Waals surface area (Å²) in [7, 11) is 0. The fourth-order valence-electron chi connectivity index (χ4n) is 3.58. The van der Waals surface area contributed by atoms with Crippen LogP contribution in [0.2, 0.25) is 0 Å². The van der Waals surface area contributed by atoms with Crippen molar-refractivity contribution in [3.05, 3.63) is 59.9 Å². The molecule has 1 amide bonds. The second-order valence-corrected chi connectivity index (χ2v) is 6.47. The van der Waals surface area contributed by atoms with Gasteiger partial charge in [-0.05, 0) is 24.3 Å². The number of amides is 1. The Morgan fingerprint density at radius 2 is 1.96 bits per heavy atom. The van der Waals surface area contributed by atoms with E-state index >= 15 is 0 Å². The number of carbonyl (C=O) groups is 1. The summed E-state index contributed by atoms with van der Waals surface area (Å²) >= 11 is 0. The van der Waals surface area contributed by atoms with Crippen LogP contribution in [0.5, 0.6) is 11.5 Å². The van der Waals surface area contributed by atoms with Gasteiger partial charge in [0, 0.05) is 36.9 Å². The first-order chi connectivity index (χ1) is 13.2. The van der Waals surface area contributed by atoms with Crippen molar-refractivity contribution in [2.45, 2.75) is 19.4 Å². The average molecular weight is 360 g/mol. The molecule has 7 heteroatoms. The van der Waals surface area contributed by atoms with Crippen LogP contribution in [0, 0.1) is 0 Å². The van der Waals surface area contributed by atoms with Crippen molar-refractivity contribution in [3.8, 4) is 11.5 Å². The quantitative estimate of drug-likeness (QED) is 0.702. The van der Waals surface area contributed by atoms with Crippen LogP contribution in [0.15, 0.2) is 53.9 Å². The van der Waals surface area contributed by atoms with E-state index in [2.05, 4.69) is 15.1 Å². The molecule has 0 spiro atoms. The van der Waals surface area contributed by atoms with Gasteiger partial charge in [-0.25, -0.2) is 5.01 Å². The maximum atomic E-state index is 12.3. The molecule has 2 aliphatic heterocycles. The van der Waals surface area contributed by atoms with E-state index < -0.39 is 0 Å². The Labute approximate surface area is 155 Å². The average Bonchev–Trinajstić information content (AvgIpc) is 3.34. The van der Waals surface area contributed by atoms with Crippen LogP contribution in [-0.2, 0) is 4.79 Å². The number of benzene rings is 2. The summed E-state index contributed by atoms with van der Waals surface area (Å²) in [6.07, 6.45) is 3.92. The largest absolute Gasteiger partial charge is 0.454 e. The van der Waals surface area contributed by atoms with Gasteiger partial charge >= 0.3 is 0 Å². The van der Waals surface area contributed by atoms with Gasteiger partial charge in [0.2, 0.25) is 12.7 Å². The minimum Gasteiger partial charge on any atom is -0.454 e. The summed E-state index contributed by atoms with van der Waals surface area (Å²) in [4.78, 5) is 21.1. The standard InChI is InChI=1S/C20H16N4O3/c1-12(25)24-17(14-3-2-4-15-20(14)22-8-7-21-15)10-16(23-24)13-5-6-18-19(9-13)27-11-26-18/h2-9,17H,10-11H2,1H3/t17-/m1/s1. The minimum atomic E-state index is -0.219. The predicted molar refractivity (Wildman–Crippen MR) is 98.5 cm³/mol. The highest BCUT2D eigenvalue weighted by molar-refractivity contribution is 6.04. The maximum absolute atomic E-state index is 12.3. The summed E-state index contributed by atoms with van der Waals surface area (Å²) < 4.78 is 10.8. The lowest BCUT2D eigenvalue weighted by atomic mass is 9.97. The predicted octanol–water partition coefficient (Wildman–Crippen LogP) is 3.06. The van der Waals surface area contributed by atoms with E-state index in [1.165, 1.54) is 11.9 Å². The van der Waals surface area contributed by atoms with Crippen LogP contribution >= 0.6 is 0 Å². The summed E-state index contributed by atoms with van der Waals surface area (Å²) in [6, 6.07) is 11.3. The third-order valence-corrected chi connectivity index (χ3v) is 4.83. The number of carbonyl (C=O) groups excluding carboxylic acids is 1. The monoisotopic (exact) mass is 360 g/mol. The van der Waals surface area contributed by atoms with E-state index in [4.69, 9.17) is 9.47 Å². The number of fused-ring (bicyclic) bond motifs is 2. The second kappa shape index (κ2) is 6.05. The molecule has 0 radical (unpaired) electrons. The lowest BCUT2D eigenvalue weighted by molar-refractivity contribution is -0.130. The molecule has 1 atom stereocenters. The molecule has 0 bridgehead atoms. The van der Waals surface area contributed by atoms with Crippen molar-refractivity contribution in [2.75, 3.05) is 6.79 Å². The SMILES string of the molecule is CC(=O)N1N=C(c2ccc3c(c2)OCO3)C[C@@H]1c1cccc2nccnc12. The number of rotatable bonds is 2. The van der Waals surface area contributed by atoms with Gasteiger partial charge < -0.3 is 9.47 Å². The van der Waals surface area contributed by atoms with Gasteiger partial charge in [-0.15, -0.1) is 0 Å². The van der Waals surface area contributed by atoms with E-state index in [1.807, 2.05) is 36.4 Å². The number of para-hydroxylation sites is 1. The van der Waals surface area contributed by atoms with Gasteiger partial charge in [0.05, 0.1) is 22.8 Å². The summed E-state index contributed by atoms with van der Waals surface area (Å²) in [5.74, 6) is 1.31. The van der Waals surface area contributed by atoms with Crippen LogP contribution in [-0.4, -0.2) is 33.4 Å². The highest BCUT2D eigenvalue weighted by atomic mass is 16.7. The molecular formula is C20H16N4O3. The molecule has 5 rings (SSSR count). The first-order valence-corrected chi connectivity index (χ1v) is 8.67. The van der Waals surface area contributed by atoms with Crippen LogP contribution in [0.4, 0.5) is 0 Å². The van der Waals surface area contributed by atoms with Crippen LogP contribution in [0.3, 0.4) is 0 Å². The Hall–Kier alpha value is -3.48. The molecule has 0 N–H and O–H groups in total. The fourth-order valence-corrected chi connectivity index (χ4v) is 3.58. The first kappa shape index (κ1) is 15.7. The highest BCUT2D eigenvalue weighted by Crippen LogP contribution is 2.38. The first-order valence-electron chi connectivity index (χ1n) is 8.67. The number of hydrazone groups is 1. The van der Waals surface area contributed by atoms with Crippen molar-refractivity contribution < 1.29 is 14.3 Å². The van der Waals surface area contributed by atoms with Crippen LogP contribution in [0.1, 0.15) is 30.5 Å². The molecule has 0 saturated carbocycles. The smallest absolute Gasteiger partial charge is 0.240 e. The summed E-state index contributed by atoms with van der Waals surface area (Å²) in [6.45, 7) is 1.75. The Morgan fingerprint density at radius 1 is 1.11 bits per heavy atom. The summed E-state index contributed by atoms with van der Waals surface area (Å²) in [5.41, 5.74) is 4.28. The molecule has 2 aliphatic rings. The molecule has 3 aromatic rings. The molecule has 134 valence electrons. The van der Waals surface area contributed by atoms with Crippen molar-refractivity contribution in [3.63, 3.8) is 0 Å². The van der Waals surface area contributed by atoms with Crippen molar-refractivity contribution in [2.24, 2.45) is 5.10 Å². The van der Waals surface area contributed by atoms with Gasteiger partial charge in [-0.3, -0.25) is 14.8 Å². The topological polar surface area (TPSA) is 76.9 Å². The molecule has 7 nitrogen and oxygen atoms in total. The maximum Gasteiger partial charge on any atom is 0.240 e. The molecule has 1 aromatic heterocycles. The Morgan fingerprint density at radius 3 is 2.85 bits per heavy atom. The van der Waals surface area contributed by atoms with Gasteiger partial charge in [-0.1, -0.05) is 12.1 Å². The number of aromatic nitrogens is 2. The van der Waals surface area contributed by atoms with Gasteiger partial charge in [0.15, 0.2) is 11.5 Å².